The molecule has 2 aliphatic heterocycles. The van der Waals surface area contributed by atoms with Gasteiger partial charge < -0.3 is 18.9 Å². The fraction of sp³-hybridized carbons (Fsp3) is 0.462. The van der Waals surface area contributed by atoms with Gasteiger partial charge in [0, 0.05) is 28.5 Å². The Morgan fingerprint density at radius 2 is 1.53 bits per heavy atom. The molecule has 2 aliphatic rings. The maximum Gasteiger partial charge on any atom is 0.201 e. The highest BCUT2D eigenvalue weighted by molar-refractivity contribution is 5.66. The van der Waals surface area contributed by atoms with Gasteiger partial charge in [-0.3, -0.25) is 0 Å². The molecule has 2 atom stereocenters. The Morgan fingerprint density at radius 1 is 0.853 bits per heavy atom. The Kier molecular flexibility index (Phi) is 7.91. The van der Waals surface area contributed by atoms with E-state index in [0.29, 0.717) is 26.1 Å². The Morgan fingerprint density at radius 3 is 2.15 bits per heavy atom. The summed E-state index contributed by atoms with van der Waals surface area (Å²) >= 11 is 0. The summed E-state index contributed by atoms with van der Waals surface area (Å²) in [6.45, 7) is 5.14. The molecule has 4 nitrogen and oxygen atoms in total. The SMILES string of the molecule is C/C=C/C1COC(C2CC[C@@H](c3ccc(-c4ccc(OCC)c(F)c4F)c(F)c3F)OC2)OC1. The van der Waals surface area contributed by atoms with Crippen LogP contribution in [0.5, 0.6) is 5.75 Å². The smallest absolute Gasteiger partial charge is 0.201 e. The lowest BCUT2D eigenvalue weighted by Crippen LogP contribution is -2.40. The van der Waals surface area contributed by atoms with Gasteiger partial charge in [0.2, 0.25) is 5.82 Å². The van der Waals surface area contributed by atoms with Crippen molar-refractivity contribution in [3.63, 3.8) is 0 Å². The molecule has 2 aromatic carbocycles. The third kappa shape index (κ3) is 4.99. The van der Waals surface area contributed by atoms with Crippen molar-refractivity contribution >= 4 is 0 Å². The second kappa shape index (κ2) is 10.9. The van der Waals surface area contributed by atoms with Gasteiger partial charge in [-0.15, -0.1) is 0 Å². The fourth-order valence-corrected chi connectivity index (χ4v) is 4.45. The van der Waals surface area contributed by atoms with Gasteiger partial charge in [0.05, 0.1) is 32.5 Å². The van der Waals surface area contributed by atoms with E-state index in [2.05, 4.69) is 0 Å². The predicted molar refractivity (Wildman–Crippen MR) is 118 cm³/mol. The molecule has 0 aromatic heterocycles. The number of rotatable bonds is 6. The van der Waals surface area contributed by atoms with Crippen LogP contribution in [0.2, 0.25) is 0 Å². The average molecular weight is 480 g/mol. The fourth-order valence-electron chi connectivity index (χ4n) is 4.45. The van der Waals surface area contributed by atoms with Gasteiger partial charge in [0.1, 0.15) is 0 Å². The van der Waals surface area contributed by atoms with E-state index in [-0.39, 0.29) is 53.8 Å². The van der Waals surface area contributed by atoms with Crippen LogP contribution in [-0.4, -0.2) is 32.7 Å². The van der Waals surface area contributed by atoms with E-state index in [0.717, 1.165) is 0 Å². The molecule has 1 unspecified atom stereocenters. The molecule has 0 radical (unpaired) electrons. The molecule has 8 heteroatoms. The summed E-state index contributed by atoms with van der Waals surface area (Å²) in [6, 6.07) is 4.98. The highest BCUT2D eigenvalue weighted by Crippen LogP contribution is 2.38. The number of ether oxygens (including phenoxy) is 4. The van der Waals surface area contributed by atoms with E-state index in [1.165, 1.54) is 24.3 Å². The average Bonchev–Trinajstić information content (AvgIpc) is 2.85. The van der Waals surface area contributed by atoms with Crippen LogP contribution < -0.4 is 4.74 Å². The lowest BCUT2D eigenvalue weighted by atomic mass is 9.92. The summed E-state index contributed by atoms with van der Waals surface area (Å²) in [5, 5.41) is 0. The number of hydrogen-bond donors (Lipinski definition) is 0. The minimum Gasteiger partial charge on any atom is -0.491 e. The number of allylic oxidation sites excluding steroid dienone is 1. The molecule has 2 heterocycles. The first kappa shape index (κ1) is 24.7. The predicted octanol–water partition coefficient (Wildman–Crippen LogP) is 6.34. The minimum absolute atomic E-state index is 0.00378. The summed E-state index contributed by atoms with van der Waals surface area (Å²) < 4.78 is 81.1. The third-order valence-corrected chi connectivity index (χ3v) is 6.21. The zero-order valence-corrected chi connectivity index (χ0v) is 19.2. The van der Waals surface area contributed by atoms with Gasteiger partial charge >= 0.3 is 0 Å². The molecule has 0 spiro atoms. The molecule has 184 valence electrons. The van der Waals surface area contributed by atoms with E-state index < -0.39 is 29.4 Å². The molecule has 4 rings (SSSR count). The normalized spacial score (nSPS) is 25.6. The lowest BCUT2D eigenvalue weighted by Gasteiger charge is -2.37. The van der Waals surface area contributed by atoms with Gasteiger partial charge in [-0.25, -0.2) is 13.2 Å². The second-order valence-electron chi connectivity index (χ2n) is 8.48. The first-order valence-electron chi connectivity index (χ1n) is 11.5. The molecule has 2 fully saturated rings. The summed E-state index contributed by atoms with van der Waals surface area (Å²) in [4.78, 5) is 0. The van der Waals surface area contributed by atoms with Crippen molar-refractivity contribution in [2.75, 3.05) is 26.4 Å². The van der Waals surface area contributed by atoms with Crippen molar-refractivity contribution in [3.05, 3.63) is 65.2 Å². The molecule has 0 saturated carbocycles. The highest BCUT2D eigenvalue weighted by Gasteiger charge is 2.34. The van der Waals surface area contributed by atoms with Gasteiger partial charge in [-0.1, -0.05) is 24.3 Å². The maximum absolute atomic E-state index is 15.0. The molecule has 2 saturated heterocycles. The van der Waals surface area contributed by atoms with Crippen LogP contribution in [0.15, 0.2) is 36.4 Å². The Balaban J connectivity index is 1.45. The Hall–Kier alpha value is -2.42. The zero-order valence-electron chi connectivity index (χ0n) is 19.2. The standard InChI is InChI=1S/C26H28F4O4/c1-3-5-15-12-33-26(34-13-15)16-6-10-20(32-14-16)19-8-7-17(22(27)24(19)29)18-9-11-21(31-4-2)25(30)23(18)28/h3,5,7-9,11,15-16,20,26H,4,6,10,12-14H2,1-2H3/b5-3+/t15?,16?,20-,26?/m0/s1. The van der Waals surface area contributed by atoms with E-state index in [1.807, 2.05) is 19.1 Å². The van der Waals surface area contributed by atoms with Gasteiger partial charge in [-0.2, -0.15) is 4.39 Å². The van der Waals surface area contributed by atoms with Crippen molar-refractivity contribution in [3.8, 4) is 16.9 Å². The molecular weight excluding hydrogens is 452 g/mol. The number of halogens is 4. The van der Waals surface area contributed by atoms with Crippen LogP contribution in [0.25, 0.3) is 11.1 Å². The minimum atomic E-state index is -1.29. The van der Waals surface area contributed by atoms with Gasteiger partial charge in [-0.05, 0) is 38.8 Å². The van der Waals surface area contributed by atoms with Crippen molar-refractivity contribution in [1.82, 2.24) is 0 Å². The highest BCUT2D eigenvalue weighted by atomic mass is 19.2. The van der Waals surface area contributed by atoms with Crippen molar-refractivity contribution in [2.24, 2.45) is 11.8 Å². The van der Waals surface area contributed by atoms with Crippen LogP contribution in [0.4, 0.5) is 17.6 Å². The Labute approximate surface area is 196 Å². The Bertz CT molecular complexity index is 1030. The van der Waals surface area contributed by atoms with Crippen LogP contribution in [0.3, 0.4) is 0 Å². The van der Waals surface area contributed by atoms with Gasteiger partial charge in [0.25, 0.3) is 0 Å². The summed E-state index contributed by atoms with van der Waals surface area (Å²) in [6.07, 6.45) is 4.08. The lowest BCUT2D eigenvalue weighted by molar-refractivity contribution is -0.235. The monoisotopic (exact) mass is 480 g/mol. The van der Waals surface area contributed by atoms with Crippen LogP contribution >= 0.6 is 0 Å². The summed E-state index contributed by atoms with van der Waals surface area (Å²) in [5.74, 6) is -4.98. The van der Waals surface area contributed by atoms with Gasteiger partial charge in [0.15, 0.2) is 29.5 Å². The molecule has 0 bridgehead atoms. The molecule has 34 heavy (non-hydrogen) atoms. The van der Waals surface area contributed by atoms with E-state index in [1.54, 1.807) is 6.92 Å². The quantitative estimate of drug-likeness (QED) is 0.357. The van der Waals surface area contributed by atoms with Crippen LogP contribution in [-0.2, 0) is 14.2 Å². The topological polar surface area (TPSA) is 36.9 Å². The first-order valence-corrected chi connectivity index (χ1v) is 11.5. The van der Waals surface area contributed by atoms with Crippen molar-refractivity contribution < 1.29 is 36.5 Å². The number of hydrogen-bond acceptors (Lipinski definition) is 4. The molecule has 0 N–H and O–H groups in total. The summed E-state index contributed by atoms with van der Waals surface area (Å²) in [5.41, 5.74) is -0.699. The van der Waals surface area contributed by atoms with Crippen LogP contribution in [0.1, 0.15) is 38.4 Å². The van der Waals surface area contributed by atoms with E-state index >= 15 is 0 Å². The molecule has 0 amide bonds. The maximum atomic E-state index is 15.0. The van der Waals surface area contributed by atoms with E-state index in [9.17, 15) is 17.6 Å². The first-order chi connectivity index (χ1) is 16.4. The largest absolute Gasteiger partial charge is 0.491 e. The number of benzene rings is 2. The zero-order chi connectivity index (χ0) is 24.2. The molecular formula is C26H28F4O4. The summed E-state index contributed by atoms with van der Waals surface area (Å²) in [7, 11) is 0. The molecule has 0 aliphatic carbocycles. The van der Waals surface area contributed by atoms with Crippen LogP contribution in [0, 0.1) is 35.1 Å². The molecule has 2 aromatic rings. The third-order valence-electron chi connectivity index (χ3n) is 6.21. The van der Waals surface area contributed by atoms with Crippen molar-refractivity contribution in [2.45, 2.75) is 39.1 Å². The van der Waals surface area contributed by atoms with Crippen molar-refractivity contribution in [1.29, 1.82) is 0 Å². The van der Waals surface area contributed by atoms with E-state index in [4.69, 9.17) is 18.9 Å². The second-order valence-corrected chi connectivity index (χ2v) is 8.48.